The third-order valence-electron chi connectivity index (χ3n) is 7.15. The number of rotatable bonds is 12. The highest BCUT2D eigenvalue weighted by Crippen LogP contribution is 2.49. The van der Waals surface area contributed by atoms with Crippen molar-refractivity contribution in [2.24, 2.45) is 0 Å². The second kappa shape index (κ2) is 15.7. The number of para-hydroxylation sites is 10. The topological polar surface area (TPSA) is 182 Å². The Morgan fingerprint density at radius 1 is 0.462 bits per heavy atom. The van der Waals surface area contributed by atoms with Crippen molar-refractivity contribution in [3.05, 3.63) is 146 Å². The van der Waals surface area contributed by atoms with E-state index in [1.165, 1.54) is 8.51 Å². The first kappa shape index (κ1) is 34.1. The minimum Gasteiger partial charge on any atom is -0.451 e. The molecular formula is C36H32N7O6P3. The van der Waals surface area contributed by atoms with E-state index >= 15 is 0 Å². The molecule has 0 aliphatic heterocycles. The van der Waals surface area contributed by atoms with Crippen LogP contribution in [0.2, 0.25) is 0 Å². The molecule has 1 aromatic heterocycles. The zero-order valence-corrected chi connectivity index (χ0v) is 30.0. The van der Waals surface area contributed by atoms with Crippen LogP contribution in [0.1, 0.15) is 0 Å². The Bertz CT molecular complexity index is 2360. The zero-order valence-electron chi connectivity index (χ0n) is 27.3. The molecule has 52 heavy (non-hydrogen) atoms. The standard InChI is InChI=1S/C36H32N7O6P3/c37-26-15-4-8-19-30(26)44-34-23-12-24-35(36(34)45-31-20-9-5-16-27(31)38)48-51-41-50-42(47-32-21-10-6-17-28(32)39)52(49-33-22-11-7-18-29(33)40)43(51)46-25-13-2-1-3-14-25/h1-24H,37-40H2. The van der Waals surface area contributed by atoms with E-state index in [1.54, 1.807) is 78.9 Å². The normalized spacial score (nSPS) is 11.5. The van der Waals surface area contributed by atoms with Gasteiger partial charge in [0.05, 0.1) is 22.7 Å². The molecule has 7 rings (SSSR count). The first-order valence-corrected chi connectivity index (χ1v) is 18.8. The Hall–Kier alpha value is -6.38. The van der Waals surface area contributed by atoms with Gasteiger partial charge in [0.25, 0.3) is 0 Å². The summed E-state index contributed by atoms with van der Waals surface area (Å²) < 4.78 is 33.9. The lowest BCUT2D eigenvalue weighted by molar-refractivity contribution is 0.233. The third kappa shape index (κ3) is 7.83. The first-order chi connectivity index (χ1) is 25.4. The van der Waals surface area contributed by atoms with E-state index in [1.807, 2.05) is 66.7 Å². The maximum atomic E-state index is 6.73. The van der Waals surface area contributed by atoms with Crippen molar-refractivity contribution in [3.63, 3.8) is 0 Å². The summed E-state index contributed by atoms with van der Waals surface area (Å²) in [5.74, 6) is 2.93. The third-order valence-corrected chi connectivity index (χ3v) is 11.8. The molecule has 0 radical (unpaired) electrons. The number of nitrogens with two attached hydrogens (primary N) is 4. The van der Waals surface area contributed by atoms with Gasteiger partial charge in [0, 0.05) is 0 Å². The van der Waals surface area contributed by atoms with Crippen molar-refractivity contribution in [1.29, 1.82) is 0 Å². The minimum atomic E-state index is -2.03. The van der Waals surface area contributed by atoms with Gasteiger partial charge in [-0.25, -0.2) is 0 Å². The molecule has 0 fully saturated rings. The fraction of sp³-hybridized carbons (Fsp3) is 0. The second-order valence-electron chi connectivity index (χ2n) is 10.8. The summed E-state index contributed by atoms with van der Waals surface area (Å²) in [7, 11) is -3.72. The number of ether oxygens (including phenoxy) is 2. The van der Waals surface area contributed by atoms with E-state index in [4.69, 9.17) is 55.6 Å². The lowest BCUT2D eigenvalue weighted by Crippen LogP contribution is -2.15. The van der Waals surface area contributed by atoms with Gasteiger partial charge in [-0.2, -0.15) is 0 Å². The van der Waals surface area contributed by atoms with Gasteiger partial charge in [0.2, 0.25) is 5.75 Å². The number of hydrogen-bond donors (Lipinski definition) is 4. The van der Waals surface area contributed by atoms with E-state index in [0.717, 1.165) is 0 Å². The van der Waals surface area contributed by atoms with Gasteiger partial charge < -0.3 is 51.1 Å². The molecule has 16 heteroatoms. The summed E-state index contributed by atoms with van der Waals surface area (Å²) in [4.78, 5) is 12.8. The van der Waals surface area contributed by atoms with Crippen molar-refractivity contribution < 1.29 is 28.2 Å². The monoisotopic (exact) mass is 751 g/mol. The molecule has 262 valence electrons. The van der Waals surface area contributed by atoms with Crippen LogP contribution in [0.15, 0.2) is 146 Å². The molecule has 6 aromatic carbocycles. The van der Waals surface area contributed by atoms with E-state index < -0.39 is 16.2 Å². The Morgan fingerprint density at radius 2 is 0.962 bits per heavy atom. The highest BCUT2D eigenvalue weighted by Gasteiger charge is 2.24. The zero-order chi connectivity index (χ0) is 35.9. The van der Waals surface area contributed by atoms with E-state index in [9.17, 15) is 0 Å². The second-order valence-corrected chi connectivity index (χ2v) is 15.2. The lowest BCUT2D eigenvalue weighted by Gasteiger charge is -2.22. The summed E-state index contributed by atoms with van der Waals surface area (Å²) in [6.07, 6.45) is 0. The average molecular weight is 752 g/mol. The van der Waals surface area contributed by atoms with E-state index in [-0.39, 0.29) is 11.5 Å². The van der Waals surface area contributed by atoms with Crippen molar-refractivity contribution >= 4 is 47.4 Å². The molecule has 0 amide bonds. The molecule has 2 atom stereocenters. The number of anilines is 4. The van der Waals surface area contributed by atoms with Gasteiger partial charge >= 0.3 is 16.2 Å². The Morgan fingerprint density at radius 3 is 1.58 bits per heavy atom. The van der Waals surface area contributed by atoms with Gasteiger partial charge in [-0.1, -0.05) is 77.1 Å². The van der Waals surface area contributed by atoms with Crippen LogP contribution in [0.4, 0.5) is 22.7 Å². The fourth-order valence-corrected chi connectivity index (χ4v) is 9.58. The van der Waals surface area contributed by atoms with Crippen LogP contribution in [0, 0.1) is 0 Å². The van der Waals surface area contributed by atoms with Crippen LogP contribution in [0.3, 0.4) is 0 Å². The molecular weight excluding hydrogens is 719 g/mol. The smallest absolute Gasteiger partial charge is 0.319 e. The van der Waals surface area contributed by atoms with Gasteiger partial charge in [0.1, 0.15) is 0 Å². The quantitative estimate of drug-likeness (QED) is 0.0872. The molecule has 0 spiro atoms. The molecule has 0 aliphatic carbocycles. The molecule has 0 bridgehead atoms. The largest absolute Gasteiger partial charge is 0.451 e. The molecule has 2 unspecified atom stereocenters. The Balaban J connectivity index is 1.39. The number of hydrogen-bond acceptors (Lipinski definition) is 11. The first-order valence-electron chi connectivity index (χ1n) is 15.7. The van der Waals surface area contributed by atoms with E-state index in [0.29, 0.717) is 65.8 Å². The Kier molecular flexibility index (Phi) is 10.3. The molecule has 7 aromatic rings. The molecule has 8 N–H and O–H groups in total. The van der Waals surface area contributed by atoms with Crippen LogP contribution in [0.5, 0.6) is 46.0 Å². The maximum absolute atomic E-state index is 6.73. The summed E-state index contributed by atoms with van der Waals surface area (Å²) in [5, 5.41) is 0. The van der Waals surface area contributed by atoms with E-state index in [2.05, 4.69) is 0 Å². The van der Waals surface area contributed by atoms with Gasteiger partial charge in [-0.05, 0) is 77.1 Å². The highest BCUT2D eigenvalue weighted by molar-refractivity contribution is 7.56. The van der Waals surface area contributed by atoms with Crippen LogP contribution >= 0.6 is 24.7 Å². The van der Waals surface area contributed by atoms with Crippen LogP contribution < -0.4 is 51.1 Å². The average Bonchev–Trinajstić information content (AvgIpc) is 3.15. The molecule has 0 saturated carbocycles. The predicted octanol–water partition coefficient (Wildman–Crippen LogP) is 9.64. The number of aromatic nitrogens is 3. The number of benzene rings is 6. The lowest BCUT2D eigenvalue weighted by atomic mass is 10.2. The summed E-state index contributed by atoms with van der Waals surface area (Å²) >= 11 is 0. The Labute approximate surface area is 302 Å². The fourth-order valence-electron chi connectivity index (χ4n) is 4.60. The summed E-state index contributed by atoms with van der Waals surface area (Å²) in [6, 6.07) is 42.9. The van der Waals surface area contributed by atoms with Crippen LogP contribution in [-0.2, 0) is 0 Å². The molecule has 0 aliphatic rings. The molecule has 13 nitrogen and oxygen atoms in total. The van der Waals surface area contributed by atoms with Crippen LogP contribution in [0.25, 0.3) is 0 Å². The van der Waals surface area contributed by atoms with Crippen molar-refractivity contribution in [2.75, 3.05) is 22.9 Å². The molecule has 1 heterocycles. The van der Waals surface area contributed by atoms with Gasteiger partial charge in [-0.15, -0.1) is 4.51 Å². The van der Waals surface area contributed by atoms with Gasteiger partial charge in [-0.3, -0.25) is 0 Å². The van der Waals surface area contributed by atoms with Crippen LogP contribution in [-0.4, -0.2) is 13.0 Å². The maximum Gasteiger partial charge on any atom is 0.319 e. The molecule has 0 saturated heterocycles. The number of nitrogen functional groups attached to an aromatic ring is 4. The predicted molar refractivity (Wildman–Crippen MR) is 206 cm³/mol. The number of nitrogens with zero attached hydrogens (tertiary/aromatic N) is 3. The highest BCUT2D eigenvalue weighted by atomic mass is 31.2. The van der Waals surface area contributed by atoms with Crippen molar-refractivity contribution in [3.8, 4) is 46.0 Å². The SMILES string of the molecule is Nc1ccccc1Oc1cccc(Op2npn(Oc3ccccc3N)p(Oc3ccccc3N)n2Oc2ccccc2)c1Oc1ccccc1N. The van der Waals surface area contributed by atoms with Crippen molar-refractivity contribution in [2.45, 2.75) is 0 Å². The van der Waals surface area contributed by atoms with Crippen molar-refractivity contribution in [1.82, 2.24) is 13.0 Å². The minimum absolute atomic E-state index is 0.228. The summed E-state index contributed by atoms with van der Waals surface area (Å²) in [6.45, 7) is 0. The summed E-state index contributed by atoms with van der Waals surface area (Å²) in [5.41, 5.74) is 26.9. The van der Waals surface area contributed by atoms with Gasteiger partial charge in [0.15, 0.2) is 48.8 Å².